The van der Waals surface area contributed by atoms with Gasteiger partial charge >= 0.3 is 0 Å². The second-order valence-electron chi connectivity index (χ2n) is 33.6. The molecule has 16 aromatic rings. The predicted octanol–water partition coefficient (Wildman–Crippen LogP) is 24.2. The first-order chi connectivity index (χ1) is 61.1. The Morgan fingerprint density at radius 1 is 0.328 bits per heavy atom. The smallest absolute Gasteiger partial charge is 0.205 e. The minimum absolute atomic E-state index is 0.00520. The molecule has 0 aliphatic carbocycles. The predicted molar refractivity (Wildman–Crippen MR) is 506 cm³/mol. The Bertz CT molecular complexity index is 7070. The van der Waals surface area contributed by atoms with Crippen LogP contribution in [0.3, 0.4) is 0 Å². The molecule has 19 heteroatoms. The quantitative estimate of drug-likeness (QED) is 0.0430. The van der Waals surface area contributed by atoms with Crippen LogP contribution in [0.1, 0.15) is 77.8 Å². The van der Waals surface area contributed by atoms with Crippen molar-refractivity contribution in [2.24, 2.45) is 0 Å². The van der Waals surface area contributed by atoms with Crippen LogP contribution < -0.4 is 0 Å². The second kappa shape index (κ2) is 38.9. The van der Waals surface area contributed by atoms with Crippen molar-refractivity contribution in [2.45, 2.75) is 137 Å². The van der Waals surface area contributed by atoms with Crippen LogP contribution in [0.2, 0.25) is 5.02 Å². The highest BCUT2D eigenvalue weighted by Crippen LogP contribution is 2.38. The molecule has 0 saturated carbocycles. The third-order valence-corrected chi connectivity index (χ3v) is 23.6. The highest BCUT2D eigenvalue weighted by atomic mass is 35.5. The normalized spacial score (nSPS) is 13.0. The van der Waals surface area contributed by atoms with Crippen molar-refractivity contribution in [1.82, 2.24) is 18.3 Å². The zero-order valence-electron chi connectivity index (χ0n) is 72.5. The van der Waals surface area contributed by atoms with E-state index in [1.807, 2.05) is 189 Å². The molecular weight excluding hydrogens is 1620 g/mol. The molecular formula is C109H95ClF2N8O8. The summed E-state index contributed by atoms with van der Waals surface area (Å²) in [5.41, 5.74) is 13.8. The van der Waals surface area contributed by atoms with Crippen LogP contribution in [0.15, 0.2) is 292 Å². The highest BCUT2D eigenvalue weighted by Gasteiger charge is 2.36. The largest absolute Gasteiger partial charge is 0.380 e. The Balaban J connectivity index is 0.000000146. The summed E-state index contributed by atoms with van der Waals surface area (Å²) in [5, 5.41) is 47.4. The Hall–Kier alpha value is -14.6. The summed E-state index contributed by atoms with van der Waals surface area (Å²) in [7, 11) is 0. The molecule has 0 aliphatic heterocycles. The third kappa shape index (κ3) is 21.0. The summed E-state index contributed by atoms with van der Waals surface area (Å²) < 4.78 is 37.3. The van der Waals surface area contributed by atoms with Crippen molar-refractivity contribution in [3.63, 3.8) is 0 Å². The molecule has 4 heterocycles. The van der Waals surface area contributed by atoms with Gasteiger partial charge in [0.05, 0.1) is 63.5 Å². The molecule has 0 unspecified atom stereocenters. The van der Waals surface area contributed by atoms with Crippen molar-refractivity contribution in [3.8, 4) is 44.5 Å². The molecule has 0 fully saturated rings. The summed E-state index contributed by atoms with van der Waals surface area (Å²) >= 11 is 6.10. The number of aryl methyl sites for hydroxylation is 5. The summed E-state index contributed by atoms with van der Waals surface area (Å²) in [5.74, 6) is -1.90. The molecule has 4 N–H and O–H groups in total. The van der Waals surface area contributed by atoms with Crippen LogP contribution in [-0.2, 0) is 71.0 Å². The number of fused-ring (bicyclic) bond motifs is 4. The van der Waals surface area contributed by atoms with Gasteiger partial charge in [-0.1, -0.05) is 229 Å². The number of halogens is 3. The lowest BCUT2D eigenvalue weighted by molar-refractivity contribution is -0.136. The Kier molecular flexibility index (Phi) is 27.7. The van der Waals surface area contributed by atoms with Gasteiger partial charge in [-0.3, -0.25) is 19.2 Å². The Morgan fingerprint density at radius 2 is 0.703 bits per heavy atom. The molecule has 16 nitrogen and oxygen atoms in total. The van der Waals surface area contributed by atoms with E-state index in [1.54, 1.807) is 120 Å². The van der Waals surface area contributed by atoms with Crippen molar-refractivity contribution in [1.29, 1.82) is 0 Å². The maximum Gasteiger partial charge on any atom is 0.205 e. The van der Waals surface area contributed by atoms with Gasteiger partial charge in [-0.15, -0.1) is 0 Å². The van der Waals surface area contributed by atoms with Gasteiger partial charge in [0.15, 0.2) is 40.2 Å². The fourth-order valence-corrected chi connectivity index (χ4v) is 16.2. The summed E-state index contributed by atoms with van der Waals surface area (Å²) in [4.78, 5) is 65.4. The number of hydrogen-bond donors (Lipinski definition) is 4. The molecule has 0 bridgehead atoms. The first-order valence-electron chi connectivity index (χ1n) is 41.7. The zero-order chi connectivity index (χ0) is 91.5. The topological polar surface area (TPSA) is 186 Å². The molecule has 0 spiro atoms. The standard InChI is InChI=1S/C28H25FN2O2.C27H23ClN2O2.C27H23FN2O2.C27H24N2O2/c1-18-5-8-21(9-6-18)22-15-24(29)23-11-12-31(26(23)16-22)17-28(3,33)27(32)14-20-7-10-25(30-4)19(2)13-20;1-18-9-12-25-21(13-18)22(20-7-5-4-6-8-20)16-30(25)17-27(2,32)26(31)15-19-10-11-24(29-3)23(28)14-19;1-18-15-19(9-11-23(18)29-3)16-25(31)27(2,32)17-30-14-13-22-24(30)12-10-21(26(22)28)20-7-5-4-6-8-20;1-19-16-20(12-13-24(19)28-3)17-26(30)27(2,31)18-29-15-14-23-22(10-7-11-25(23)29)21-8-5-4-6-9-21/h5-13,15-16,33H,14,17H2,1-3H3;4-14,16,32H,15,17H2,1-2H3;4-15,32H,16-17H2,1-2H3;4-16,31H,17-18H2,1-2H3/t28-;3*27-/m0000/s1. The van der Waals surface area contributed by atoms with Crippen LogP contribution >= 0.6 is 11.6 Å². The average Bonchev–Trinajstić information content (AvgIpc) is 1.63. The average molecular weight is 1720 g/mol. The van der Waals surface area contributed by atoms with Crippen molar-refractivity contribution in [2.75, 3.05) is 0 Å². The molecule has 4 atom stereocenters. The fourth-order valence-electron chi connectivity index (χ4n) is 15.9. The SMILES string of the molecule is [C-]#[N+]c1ccc(CC(=O)[C@@](C)(O)Cn2cc(-c3ccccc3)c3cc(C)ccc32)cc1Cl.[C-]#[N+]c1ccc(CC(=O)[C@@](C)(O)Cn2ccc3c(-c4ccccc4)cccc32)cc1C.[C-]#[N+]c1ccc(CC(=O)[C@@](C)(O)Cn2ccc3c(F)c(-c4ccccc4)ccc32)cc1C.[C-]#[N+]c1ccc(CC(=O)[C@@](C)(O)Cn2ccc3c(F)cc(-c4ccc(C)cc4)cc32)cc1C. The number of benzene rings is 12. The van der Waals surface area contributed by atoms with E-state index in [0.29, 0.717) is 60.7 Å². The molecule has 0 saturated heterocycles. The number of rotatable bonds is 24. The van der Waals surface area contributed by atoms with Crippen molar-refractivity contribution < 1.29 is 48.4 Å². The van der Waals surface area contributed by atoms with E-state index in [-0.39, 0.29) is 86.6 Å². The van der Waals surface area contributed by atoms with Crippen LogP contribution in [0, 0.1) is 72.5 Å². The van der Waals surface area contributed by atoms with E-state index in [2.05, 4.69) is 62.7 Å². The highest BCUT2D eigenvalue weighted by molar-refractivity contribution is 6.33. The molecule has 16 rings (SSSR count). The Labute approximate surface area is 748 Å². The van der Waals surface area contributed by atoms with Crippen LogP contribution in [0.4, 0.5) is 31.5 Å². The van der Waals surface area contributed by atoms with E-state index in [9.17, 15) is 44.0 Å². The first-order valence-corrected chi connectivity index (χ1v) is 42.1. The second-order valence-corrected chi connectivity index (χ2v) is 34.0. The van der Waals surface area contributed by atoms with Gasteiger partial charge in [-0.2, -0.15) is 0 Å². The van der Waals surface area contributed by atoms with Crippen LogP contribution in [-0.4, -0.2) is 84.2 Å². The van der Waals surface area contributed by atoms with Crippen molar-refractivity contribution in [3.05, 3.63) is 404 Å². The van der Waals surface area contributed by atoms with Crippen molar-refractivity contribution >= 4 is 101 Å². The number of aliphatic hydroxyl groups is 4. The minimum Gasteiger partial charge on any atom is -0.380 e. The molecule has 0 aliphatic rings. The number of ketones is 4. The van der Waals surface area contributed by atoms with Gasteiger partial charge in [-0.05, 0) is 195 Å². The lowest BCUT2D eigenvalue weighted by Crippen LogP contribution is -2.40. The lowest BCUT2D eigenvalue weighted by atomic mass is 9.94. The van der Waals surface area contributed by atoms with E-state index >= 15 is 4.39 Å². The van der Waals surface area contributed by atoms with Gasteiger partial charge < -0.3 is 38.7 Å². The van der Waals surface area contributed by atoms with Gasteiger partial charge in [0.2, 0.25) is 5.69 Å². The van der Waals surface area contributed by atoms with E-state index in [4.69, 9.17) is 37.9 Å². The monoisotopic (exact) mass is 1720 g/mol. The number of aromatic nitrogens is 4. The number of carbonyl (C=O) groups excluding carboxylic acids is 4. The number of Topliss-reactive ketones (excluding diaryl/α,β-unsaturated/α-hetero) is 4. The van der Waals surface area contributed by atoms with Gasteiger partial charge in [0.1, 0.15) is 34.0 Å². The number of nitrogens with zero attached hydrogens (tertiary/aromatic N) is 8. The molecule has 0 radical (unpaired) electrons. The Morgan fingerprint density at radius 3 is 1.15 bits per heavy atom. The maximum absolute atomic E-state index is 15.2. The summed E-state index contributed by atoms with van der Waals surface area (Å²) in [6.45, 7) is 44.5. The van der Waals surface area contributed by atoms with Gasteiger partial charge in [-0.25, -0.2) is 28.2 Å². The molecule has 12 aromatic carbocycles. The molecule has 128 heavy (non-hydrogen) atoms. The molecule has 0 amide bonds. The minimum atomic E-state index is -1.64. The van der Waals surface area contributed by atoms with E-state index in [0.717, 1.165) is 105 Å². The van der Waals surface area contributed by atoms with Crippen LogP contribution in [0.5, 0.6) is 0 Å². The van der Waals surface area contributed by atoms with E-state index < -0.39 is 22.4 Å². The fraction of sp³-hybridized carbons (Fsp3) is 0.193. The summed E-state index contributed by atoms with van der Waals surface area (Å²) in [6, 6.07) is 82.8. The number of hydrogen-bond acceptors (Lipinski definition) is 8. The van der Waals surface area contributed by atoms with Gasteiger partial charge in [0, 0.05) is 99.2 Å². The third-order valence-electron chi connectivity index (χ3n) is 23.3. The van der Waals surface area contributed by atoms with Crippen LogP contribution in [0.25, 0.3) is 107 Å². The maximum atomic E-state index is 15.2. The molecule has 640 valence electrons. The molecule has 4 aromatic heterocycles. The summed E-state index contributed by atoms with van der Waals surface area (Å²) in [6.07, 6.45) is 7.58. The van der Waals surface area contributed by atoms with Gasteiger partial charge in [0.25, 0.3) is 0 Å². The first kappa shape index (κ1) is 91.1. The van der Waals surface area contributed by atoms with E-state index in [1.165, 1.54) is 19.9 Å². The zero-order valence-corrected chi connectivity index (χ0v) is 73.3. The number of carbonyl (C=O) groups is 4. The lowest BCUT2D eigenvalue weighted by Gasteiger charge is -2.23.